The number of nitro groups is 1. The fraction of sp³-hybridized carbons (Fsp3) is 0.375. The minimum atomic E-state index is -1.15. The zero-order chi connectivity index (χ0) is 26.0. The average molecular weight is 488 g/mol. The number of methoxy groups -OCH3 is 2. The van der Waals surface area contributed by atoms with Crippen molar-refractivity contribution in [1.82, 2.24) is 10.6 Å². The van der Waals surface area contributed by atoms with Crippen LogP contribution < -0.4 is 15.4 Å². The number of nitrogens with one attached hydrogen (secondary N) is 2. The quantitative estimate of drug-likeness (QED) is 0.279. The van der Waals surface area contributed by atoms with E-state index < -0.39 is 35.0 Å². The van der Waals surface area contributed by atoms with Gasteiger partial charge >= 0.3 is 17.7 Å². The minimum absolute atomic E-state index is 0.0279. The van der Waals surface area contributed by atoms with Crippen molar-refractivity contribution in [2.45, 2.75) is 39.0 Å². The molecule has 0 saturated heterocycles. The first-order valence-corrected chi connectivity index (χ1v) is 10.8. The fourth-order valence-electron chi connectivity index (χ4n) is 3.26. The zero-order valence-corrected chi connectivity index (χ0v) is 20.0. The molecule has 0 aromatic heterocycles. The maximum atomic E-state index is 13.0. The van der Waals surface area contributed by atoms with Crippen molar-refractivity contribution < 1.29 is 33.5 Å². The number of ether oxygens (including phenoxy) is 3. The summed E-state index contributed by atoms with van der Waals surface area (Å²) < 4.78 is 15.0. The summed E-state index contributed by atoms with van der Waals surface area (Å²) in [7, 11) is 2.47. The molecule has 188 valence electrons. The number of hydrogen-bond acceptors (Lipinski definition) is 8. The Hall–Kier alpha value is -4.15. The summed E-state index contributed by atoms with van der Waals surface area (Å²) in [6, 6.07) is 11.1. The lowest BCUT2D eigenvalue weighted by molar-refractivity contribution is -0.385. The molecule has 35 heavy (non-hydrogen) atoms. The third-order valence-electron chi connectivity index (χ3n) is 5.12. The number of amides is 2. The van der Waals surface area contributed by atoms with Gasteiger partial charge in [-0.05, 0) is 23.1 Å². The number of carbonyl (C=O) groups excluding carboxylic acids is 3. The molecule has 0 unspecified atom stereocenters. The van der Waals surface area contributed by atoms with Crippen molar-refractivity contribution in [2.24, 2.45) is 5.92 Å². The molecule has 0 bridgehead atoms. The zero-order valence-electron chi connectivity index (χ0n) is 20.0. The van der Waals surface area contributed by atoms with Gasteiger partial charge in [-0.2, -0.15) is 0 Å². The molecule has 0 spiro atoms. The number of esters is 1. The molecule has 0 aliphatic rings. The van der Waals surface area contributed by atoms with Crippen molar-refractivity contribution in [2.75, 3.05) is 14.2 Å². The average Bonchev–Trinajstić information content (AvgIpc) is 2.85. The fourth-order valence-corrected chi connectivity index (χ4v) is 3.26. The van der Waals surface area contributed by atoms with Gasteiger partial charge in [0.05, 0.1) is 19.1 Å². The Morgan fingerprint density at radius 1 is 1.00 bits per heavy atom. The molecule has 0 radical (unpaired) electrons. The van der Waals surface area contributed by atoms with Crippen LogP contribution in [0.5, 0.6) is 5.75 Å². The Morgan fingerprint density at radius 2 is 1.69 bits per heavy atom. The van der Waals surface area contributed by atoms with Crippen LogP contribution in [0, 0.1) is 16.0 Å². The Labute approximate surface area is 202 Å². The highest BCUT2D eigenvalue weighted by molar-refractivity contribution is 5.90. The molecule has 0 aliphatic heterocycles. The number of nitro benzene ring substituents is 1. The van der Waals surface area contributed by atoms with Crippen molar-refractivity contribution in [3.63, 3.8) is 0 Å². The molecule has 2 rings (SSSR count). The number of carbonyl (C=O) groups is 3. The molecule has 11 heteroatoms. The molecule has 2 atom stereocenters. The van der Waals surface area contributed by atoms with Crippen LogP contribution in [0.25, 0.3) is 0 Å². The molecular formula is C24H29N3O8. The van der Waals surface area contributed by atoms with E-state index in [-0.39, 0.29) is 30.4 Å². The van der Waals surface area contributed by atoms with Gasteiger partial charge in [-0.15, -0.1) is 0 Å². The first kappa shape index (κ1) is 27.1. The van der Waals surface area contributed by atoms with E-state index in [1.807, 2.05) is 18.2 Å². The third-order valence-corrected chi connectivity index (χ3v) is 5.12. The standard InChI is InChI=1S/C24H29N3O8/c1-15(2)21(26-24(30)35-14-16-8-6-5-7-9-16)22(28)25-18(23(29)34-4)12-17-10-11-20(33-3)19(13-17)27(31)32/h5-11,13,15,18,21H,12,14H2,1-4H3,(H,25,28)(H,26,30)/t18-,21+/m0/s1. The monoisotopic (exact) mass is 487 g/mol. The summed E-state index contributed by atoms with van der Waals surface area (Å²) >= 11 is 0. The van der Waals surface area contributed by atoms with Crippen LogP contribution in [0.4, 0.5) is 10.5 Å². The molecule has 2 aromatic rings. The second-order valence-electron chi connectivity index (χ2n) is 7.98. The first-order valence-electron chi connectivity index (χ1n) is 10.8. The Balaban J connectivity index is 2.11. The van der Waals surface area contributed by atoms with Crippen LogP contribution in [0.1, 0.15) is 25.0 Å². The highest BCUT2D eigenvalue weighted by atomic mass is 16.6. The predicted octanol–water partition coefficient (Wildman–Crippen LogP) is 2.75. The van der Waals surface area contributed by atoms with E-state index in [0.29, 0.717) is 5.56 Å². The van der Waals surface area contributed by atoms with Crippen LogP contribution in [0.2, 0.25) is 0 Å². The normalized spacial score (nSPS) is 12.3. The number of benzene rings is 2. The lowest BCUT2D eigenvalue weighted by atomic mass is 10.0. The van der Waals surface area contributed by atoms with Crippen molar-refractivity contribution in [1.29, 1.82) is 0 Å². The smallest absolute Gasteiger partial charge is 0.408 e. The Bertz CT molecular complexity index is 1040. The summed E-state index contributed by atoms with van der Waals surface area (Å²) in [6.07, 6.45) is -0.866. The van der Waals surface area contributed by atoms with Crippen molar-refractivity contribution >= 4 is 23.7 Å². The maximum absolute atomic E-state index is 13.0. The third kappa shape index (κ3) is 7.98. The second-order valence-corrected chi connectivity index (χ2v) is 7.98. The van der Waals surface area contributed by atoms with Crippen LogP contribution in [0.15, 0.2) is 48.5 Å². The molecule has 0 fully saturated rings. The van der Waals surface area contributed by atoms with Gasteiger partial charge in [0.25, 0.3) is 0 Å². The van der Waals surface area contributed by atoms with Gasteiger partial charge in [-0.1, -0.05) is 50.2 Å². The first-order chi connectivity index (χ1) is 16.7. The van der Waals surface area contributed by atoms with Gasteiger partial charge in [0.15, 0.2) is 5.75 Å². The van der Waals surface area contributed by atoms with Crippen LogP contribution >= 0.6 is 0 Å². The maximum Gasteiger partial charge on any atom is 0.408 e. The number of hydrogen-bond donors (Lipinski definition) is 2. The van der Waals surface area contributed by atoms with Crippen LogP contribution in [-0.4, -0.2) is 49.2 Å². The Morgan fingerprint density at radius 3 is 2.26 bits per heavy atom. The van der Waals surface area contributed by atoms with Crippen LogP contribution in [-0.2, 0) is 32.1 Å². The van der Waals surface area contributed by atoms with Crippen LogP contribution in [0.3, 0.4) is 0 Å². The minimum Gasteiger partial charge on any atom is -0.490 e. The highest BCUT2D eigenvalue weighted by Crippen LogP contribution is 2.28. The number of nitrogens with zero attached hydrogens (tertiary/aromatic N) is 1. The van der Waals surface area contributed by atoms with Gasteiger partial charge in [-0.3, -0.25) is 14.9 Å². The van der Waals surface area contributed by atoms with E-state index in [1.165, 1.54) is 19.2 Å². The summed E-state index contributed by atoms with van der Waals surface area (Å²) in [5.41, 5.74) is 0.917. The molecule has 2 amide bonds. The van der Waals surface area contributed by atoms with E-state index in [1.54, 1.807) is 32.0 Å². The largest absolute Gasteiger partial charge is 0.490 e. The molecular weight excluding hydrogens is 458 g/mol. The van der Waals surface area contributed by atoms with Gasteiger partial charge in [0.1, 0.15) is 18.7 Å². The SMILES string of the molecule is COC(=O)[C@H](Cc1ccc(OC)c([N+](=O)[O-])c1)NC(=O)[C@H](NC(=O)OCc1ccccc1)C(C)C. The van der Waals surface area contributed by atoms with Crippen molar-refractivity contribution in [3.8, 4) is 5.75 Å². The number of alkyl carbamates (subject to hydrolysis) is 1. The molecule has 0 saturated carbocycles. The van der Waals surface area contributed by atoms with E-state index >= 15 is 0 Å². The molecule has 2 aromatic carbocycles. The van der Waals surface area contributed by atoms with Gasteiger partial charge < -0.3 is 24.8 Å². The molecule has 11 nitrogen and oxygen atoms in total. The second kappa shape index (κ2) is 12.9. The lowest BCUT2D eigenvalue weighted by Crippen LogP contribution is -2.54. The van der Waals surface area contributed by atoms with E-state index in [2.05, 4.69) is 10.6 Å². The van der Waals surface area contributed by atoms with Gasteiger partial charge in [0.2, 0.25) is 5.91 Å². The highest BCUT2D eigenvalue weighted by Gasteiger charge is 2.30. The molecule has 0 aliphatic carbocycles. The van der Waals surface area contributed by atoms with Gasteiger partial charge in [-0.25, -0.2) is 9.59 Å². The van der Waals surface area contributed by atoms with E-state index in [4.69, 9.17) is 14.2 Å². The summed E-state index contributed by atoms with van der Waals surface area (Å²) in [5, 5.41) is 16.4. The summed E-state index contributed by atoms with van der Waals surface area (Å²) in [4.78, 5) is 48.3. The molecule has 0 heterocycles. The van der Waals surface area contributed by atoms with Gasteiger partial charge in [0, 0.05) is 12.5 Å². The number of rotatable bonds is 11. The summed E-state index contributed by atoms with van der Waals surface area (Å²) in [6.45, 7) is 3.48. The van der Waals surface area contributed by atoms with Crippen molar-refractivity contribution in [3.05, 3.63) is 69.8 Å². The molecule has 2 N–H and O–H groups in total. The van der Waals surface area contributed by atoms with E-state index in [0.717, 1.165) is 12.7 Å². The topological polar surface area (TPSA) is 146 Å². The lowest BCUT2D eigenvalue weighted by Gasteiger charge is -2.24. The Kier molecular flexibility index (Phi) is 10.0. The predicted molar refractivity (Wildman–Crippen MR) is 126 cm³/mol. The van der Waals surface area contributed by atoms with E-state index in [9.17, 15) is 24.5 Å². The summed E-state index contributed by atoms with van der Waals surface area (Å²) in [5.74, 6) is -1.64.